The molecule has 1 aliphatic heterocycles. The summed E-state index contributed by atoms with van der Waals surface area (Å²) in [5.41, 5.74) is 0.596. The second kappa shape index (κ2) is 5.18. The number of carbonyl (C=O) groups excluding carboxylic acids is 1. The molecule has 2 unspecified atom stereocenters. The van der Waals surface area contributed by atoms with Crippen molar-refractivity contribution >= 4 is 23.2 Å². The molecule has 0 spiro atoms. The molecule has 0 aromatic rings. The first kappa shape index (κ1) is 15.9. The Morgan fingerprint density at radius 3 is 2.17 bits per heavy atom. The summed E-state index contributed by atoms with van der Waals surface area (Å²) >= 11 is 5.55. The summed E-state index contributed by atoms with van der Waals surface area (Å²) in [6.45, 7) is 6.84. The largest absolute Gasteiger partial charge is 0.349 e. The van der Waals surface area contributed by atoms with Crippen molar-refractivity contribution in [1.82, 2.24) is 10.2 Å². The predicted molar refractivity (Wildman–Crippen MR) is 96.0 cm³/mol. The van der Waals surface area contributed by atoms with Crippen LogP contribution >= 0.6 is 12.2 Å². The minimum Gasteiger partial charge on any atom is -0.349 e. The van der Waals surface area contributed by atoms with Gasteiger partial charge in [0.2, 0.25) is 5.91 Å². The van der Waals surface area contributed by atoms with Gasteiger partial charge in [0.05, 0.1) is 5.41 Å². The molecular formula is C19H30N2OS. The standard InChI is InChI=1S/C19H30N2OS/c1-17-8-14-9-18(2,11-17)13-19(10-14,12-17)15(22)20-16(23)21-6-4-3-5-7-21/h14H,3-13H2,1-2H3,(H,20,22,23)/t14?,17-,18+,19?. The van der Waals surface area contributed by atoms with Gasteiger partial charge in [-0.1, -0.05) is 13.8 Å². The van der Waals surface area contributed by atoms with Gasteiger partial charge >= 0.3 is 0 Å². The van der Waals surface area contributed by atoms with Crippen molar-refractivity contribution in [3.63, 3.8) is 0 Å². The van der Waals surface area contributed by atoms with Crippen LogP contribution < -0.4 is 5.32 Å². The SMILES string of the molecule is C[C@]12CC3CC(C(=O)NC(=S)N4CCCCC4)(C1)C[C@@](C)(C3)C2. The fraction of sp³-hybridized carbons (Fsp3) is 0.895. The van der Waals surface area contributed by atoms with Crippen LogP contribution in [0, 0.1) is 22.2 Å². The Morgan fingerprint density at radius 1 is 1.00 bits per heavy atom. The highest BCUT2D eigenvalue weighted by Gasteiger charge is 2.62. The summed E-state index contributed by atoms with van der Waals surface area (Å²) in [5.74, 6) is 0.977. The summed E-state index contributed by atoms with van der Waals surface area (Å²) in [4.78, 5) is 15.4. The Morgan fingerprint density at radius 2 is 1.61 bits per heavy atom. The summed E-state index contributed by atoms with van der Waals surface area (Å²) in [6, 6.07) is 0. The number of carbonyl (C=O) groups is 1. The summed E-state index contributed by atoms with van der Waals surface area (Å²) in [7, 11) is 0. The third-order valence-corrected chi connectivity index (χ3v) is 7.33. The number of piperidine rings is 1. The first-order valence-electron chi connectivity index (χ1n) is 9.42. The maximum absolute atomic E-state index is 13.2. The van der Waals surface area contributed by atoms with E-state index in [1.54, 1.807) is 0 Å². The molecule has 5 aliphatic rings. The number of rotatable bonds is 1. The minimum absolute atomic E-state index is 0.150. The zero-order chi connectivity index (χ0) is 16.3. The molecule has 3 nitrogen and oxygen atoms in total. The molecular weight excluding hydrogens is 304 g/mol. The second-order valence-electron chi connectivity index (χ2n) is 9.72. The van der Waals surface area contributed by atoms with Gasteiger partial charge in [0, 0.05) is 13.1 Å². The first-order valence-corrected chi connectivity index (χ1v) is 9.83. The van der Waals surface area contributed by atoms with Crippen LogP contribution in [0.3, 0.4) is 0 Å². The Balaban J connectivity index is 1.50. The zero-order valence-electron chi connectivity index (χ0n) is 14.6. The Hall–Kier alpha value is -0.640. The van der Waals surface area contributed by atoms with E-state index in [0.29, 0.717) is 15.9 Å². The van der Waals surface area contributed by atoms with Crippen molar-refractivity contribution in [2.45, 2.75) is 71.6 Å². The molecule has 0 aromatic heterocycles. The zero-order valence-corrected chi connectivity index (χ0v) is 15.4. The maximum Gasteiger partial charge on any atom is 0.232 e. The van der Waals surface area contributed by atoms with Crippen LogP contribution in [-0.2, 0) is 4.79 Å². The van der Waals surface area contributed by atoms with Crippen molar-refractivity contribution in [1.29, 1.82) is 0 Å². The van der Waals surface area contributed by atoms with E-state index >= 15 is 0 Å². The summed E-state index contributed by atoms with van der Waals surface area (Å²) in [5, 5.41) is 3.84. The Bertz CT molecular complexity index is 521. The lowest BCUT2D eigenvalue weighted by Gasteiger charge is -2.64. The fourth-order valence-electron chi connectivity index (χ4n) is 7.11. The molecule has 0 radical (unpaired) electrons. The molecule has 4 aliphatic carbocycles. The lowest BCUT2D eigenvalue weighted by atomic mass is 9.40. The molecule has 5 fully saturated rings. The van der Waals surface area contributed by atoms with Crippen LogP contribution in [-0.4, -0.2) is 29.0 Å². The molecule has 128 valence electrons. The van der Waals surface area contributed by atoms with Crippen molar-refractivity contribution in [2.24, 2.45) is 22.2 Å². The van der Waals surface area contributed by atoms with Gasteiger partial charge in [-0.25, -0.2) is 0 Å². The summed E-state index contributed by atoms with van der Waals surface area (Å²) < 4.78 is 0. The average molecular weight is 335 g/mol. The van der Waals surface area contributed by atoms with E-state index in [-0.39, 0.29) is 11.3 Å². The van der Waals surface area contributed by atoms with E-state index in [1.807, 2.05) is 0 Å². The highest BCUT2D eigenvalue weighted by molar-refractivity contribution is 7.80. The van der Waals surface area contributed by atoms with Gasteiger partial charge in [-0.15, -0.1) is 0 Å². The molecule has 0 aromatic carbocycles. The van der Waals surface area contributed by atoms with Gasteiger partial charge in [0.25, 0.3) is 0 Å². The average Bonchev–Trinajstić information content (AvgIpc) is 2.44. The smallest absolute Gasteiger partial charge is 0.232 e. The van der Waals surface area contributed by atoms with Crippen molar-refractivity contribution < 1.29 is 4.79 Å². The van der Waals surface area contributed by atoms with Crippen molar-refractivity contribution in [3.8, 4) is 0 Å². The van der Waals surface area contributed by atoms with E-state index in [9.17, 15) is 4.79 Å². The lowest BCUT2D eigenvalue weighted by molar-refractivity contribution is -0.168. The fourth-order valence-corrected chi connectivity index (χ4v) is 7.38. The predicted octanol–water partition coefficient (Wildman–Crippen LogP) is 3.87. The van der Waals surface area contributed by atoms with E-state index in [0.717, 1.165) is 38.3 Å². The molecule has 1 saturated heterocycles. The van der Waals surface area contributed by atoms with Gasteiger partial charge < -0.3 is 10.2 Å². The van der Waals surface area contributed by atoms with Gasteiger partial charge in [-0.2, -0.15) is 0 Å². The van der Waals surface area contributed by atoms with Gasteiger partial charge in [0.15, 0.2) is 5.11 Å². The van der Waals surface area contributed by atoms with Crippen LogP contribution in [0.2, 0.25) is 0 Å². The van der Waals surface area contributed by atoms with Crippen LogP contribution in [0.5, 0.6) is 0 Å². The van der Waals surface area contributed by atoms with Crippen molar-refractivity contribution in [2.75, 3.05) is 13.1 Å². The van der Waals surface area contributed by atoms with E-state index in [4.69, 9.17) is 12.2 Å². The van der Waals surface area contributed by atoms with E-state index in [2.05, 4.69) is 24.1 Å². The van der Waals surface area contributed by atoms with Crippen LogP contribution in [0.25, 0.3) is 0 Å². The van der Waals surface area contributed by atoms with E-state index < -0.39 is 0 Å². The van der Waals surface area contributed by atoms with Gasteiger partial charge in [0.1, 0.15) is 0 Å². The normalized spacial score (nSPS) is 45.1. The van der Waals surface area contributed by atoms with Crippen LogP contribution in [0.4, 0.5) is 0 Å². The molecule has 1 amide bonds. The highest BCUT2D eigenvalue weighted by atomic mass is 32.1. The third-order valence-electron chi connectivity index (χ3n) is 6.97. The second-order valence-corrected chi connectivity index (χ2v) is 10.1. The summed E-state index contributed by atoms with van der Waals surface area (Å²) in [6.07, 6.45) is 10.9. The molecule has 4 bridgehead atoms. The van der Waals surface area contributed by atoms with Gasteiger partial charge in [-0.05, 0) is 86.8 Å². The molecule has 4 heteroatoms. The number of amides is 1. The number of thiocarbonyl (C=S) groups is 1. The Kier molecular flexibility index (Phi) is 3.57. The lowest BCUT2D eigenvalue weighted by Crippen LogP contribution is -2.61. The van der Waals surface area contributed by atoms with Crippen LogP contribution in [0.1, 0.15) is 71.6 Å². The topological polar surface area (TPSA) is 32.3 Å². The molecule has 5 rings (SSSR count). The minimum atomic E-state index is -0.150. The Labute approximate surface area is 145 Å². The first-order chi connectivity index (χ1) is 10.8. The number of hydrogen-bond donors (Lipinski definition) is 1. The van der Waals surface area contributed by atoms with Crippen LogP contribution in [0.15, 0.2) is 0 Å². The maximum atomic E-state index is 13.2. The molecule has 1 heterocycles. The molecule has 23 heavy (non-hydrogen) atoms. The van der Waals surface area contributed by atoms with E-state index in [1.165, 1.54) is 38.5 Å². The van der Waals surface area contributed by atoms with Crippen molar-refractivity contribution in [3.05, 3.63) is 0 Å². The highest BCUT2D eigenvalue weighted by Crippen LogP contribution is 2.69. The molecule has 1 N–H and O–H groups in total. The number of nitrogens with zero attached hydrogens (tertiary/aromatic N) is 1. The quantitative estimate of drug-likeness (QED) is 0.739. The number of likely N-dealkylation sites (tertiary alicyclic amines) is 1. The van der Waals surface area contributed by atoms with Gasteiger partial charge in [-0.3, -0.25) is 4.79 Å². The molecule has 4 saturated carbocycles. The number of hydrogen-bond acceptors (Lipinski definition) is 2. The molecule has 4 atom stereocenters. The number of nitrogens with one attached hydrogen (secondary N) is 1. The monoisotopic (exact) mass is 334 g/mol. The third kappa shape index (κ3) is 2.71.